The normalized spacial score (nSPS) is 12.1. The van der Waals surface area contributed by atoms with Crippen molar-refractivity contribution in [1.29, 1.82) is 0 Å². The first-order chi connectivity index (χ1) is 4.35. The van der Waals surface area contributed by atoms with Crippen molar-refractivity contribution in [2.24, 2.45) is 0 Å². The molecule has 0 radical (unpaired) electrons. The highest BCUT2D eigenvalue weighted by atomic mass is 19.1. The Morgan fingerprint density at radius 3 is 2.56 bits per heavy atom. The topological polar surface area (TPSA) is 0 Å². The van der Waals surface area contributed by atoms with Crippen LogP contribution in [-0.2, 0) is 0 Å². The molecule has 0 aromatic rings. The fourth-order valence-electron chi connectivity index (χ4n) is 0.819. The lowest BCUT2D eigenvalue weighted by Gasteiger charge is -1.98. The first-order valence-electron chi connectivity index (χ1n) is 3.55. The molecule has 0 unspecified atom stereocenters. The van der Waals surface area contributed by atoms with Crippen LogP contribution in [0.25, 0.3) is 0 Å². The zero-order valence-corrected chi connectivity index (χ0v) is 6.28. The summed E-state index contributed by atoms with van der Waals surface area (Å²) in [5.41, 5.74) is 1.37. The Labute approximate surface area is 56.8 Å². The maximum atomic E-state index is 11.6. The minimum Gasteiger partial charge on any atom is -0.251 e. The first kappa shape index (κ1) is 8.67. The van der Waals surface area contributed by atoms with Crippen LogP contribution in [0.5, 0.6) is 0 Å². The van der Waals surface area contributed by atoms with Gasteiger partial charge in [-0.15, -0.1) is 0 Å². The van der Waals surface area contributed by atoms with Crippen molar-refractivity contribution in [2.75, 3.05) is 6.67 Å². The van der Waals surface area contributed by atoms with E-state index in [2.05, 4.69) is 13.0 Å². The highest BCUT2D eigenvalue weighted by Gasteiger charge is 1.90. The van der Waals surface area contributed by atoms with Gasteiger partial charge in [-0.05, 0) is 26.2 Å². The summed E-state index contributed by atoms with van der Waals surface area (Å²) < 4.78 is 11.6. The van der Waals surface area contributed by atoms with Crippen LogP contribution in [0, 0.1) is 0 Å². The minimum absolute atomic E-state index is 0.183. The van der Waals surface area contributed by atoms with Crippen molar-refractivity contribution in [1.82, 2.24) is 0 Å². The number of alkyl halides is 1. The van der Waals surface area contributed by atoms with Crippen molar-refractivity contribution >= 4 is 0 Å². The predicted octanol–water partition coefficient (Wildman–Crippen LogP) is 3.09. The average molecular weight is 130 g/mol. The molecule has 0 rings (SSSR count). The van der Waals surface area contributed by atoms with E-state index in [0.29, 0.717) is 6.42 Å². The summed E-state index contributed by atoms with van der Waals surface area (Å²) in [6, 6.07) is 0. The highest BCUT2D eigenvalue weighted by Crippen LogP contribution is 2.08. The van der Waals surface area contributed by atoms with Crippen LogP contribution in [0.1, 0.15) is 33.1 Å². The summed E-state index contributed by atoms with van der Waals surface area (Å²) in [5, 5.41) is 0. The van der Waals surface area contributed by atoms with Crippen molar-refractivity contribution in [3.8, 4) is 0 Å². The summed E-state index contributed by atoms with van der Waals surface area (Å²) in [5.74, 6) is 0. The van der Waals surface area contributed by atoms with Gasteiger partial charge >= 0.3 is 0 Å². The van der Waals surface area contributed by atoms with E-state index < -0.39 is 0 Å². The predicted molar refractivity (Wildman–Crippen MR) is 39.3 cm³/mol. The summed E-state index contributed by atoms with van der Waals surface area (Å²) in [6.07, 6.45) is 4.77. The molecule has 0 fully saturated rings. The zero-order chi connectivity index (χ0) is 7.11. The van der Waals surface area contributed by atoms with Crippen LogP contribution >= 0.6 is 0 Å². The molecule has 0 saturated heterocycles. The molecule has 0 nitrogen and oxygen atoms in total. The smallest absolute Gasteiger partial charge is 0.0897 e. The Morgan fingerprint density at radius 2 is 2.22 bits per heavy atom. The third-order valence-corrected chi connectivity index (χ3v) is 1.49. The van der Waals surface area contributed by atoms with Gasteiger partial charge in [0, 0.05) is 0 Å². The molecule has 1 heteroatoms. The Kier molecular flexibility index (Phi) is 5.59. The van der Waals surface area contributed by atoms with E-state index in [1.807, 2.05) is 6.92 Å². The van der Waals surface area contributed by atoms with Crippen LogP contribution in [0.3, 0.4) is 0 Å². The van der Waals surface area contributed by atoms with Crippen LogP contribution in [0.2, 0.25) is 0 Å². The van der Waals surface area contributed by atoms with Gasteiger partial charge in [-0.1, -0.05) is 18.6 Å². The molecule has 0 aliphatic heterocycles. The first-order valence-corrected chi connectivity index (χ1v) is 3.55. The van der Waals surface area contributed by atoms with Gasteiger partial charge in [0.25, 0.3) is 0 Å². The Bertz CT molecular complexity index is 84.6. The fourth-order valence-corrected chi connectivity index (χ4v) is 0.819. The number of allylic oxidation sites excluding steroid dienone is 2. The molecular weight excluding hydrogens is 115 g/mol. The van der Waals surface area contributed by atoms with E-state index in [9.17, 15) is 4.39 Å². The summed E-state index contributed by atoms with van der Waals surface area (Å²) in [4.78, 5) is 0. The van der Waals surface area contributed by atoms with E-state index in [0.717, 1.165) is 12.8 Å². The van der Waals surface area contributed by atoms with Gasteiger partial charge in [-0.2, -0.15) is 0 Å². The molecule has 0 N–H and O–H groups in total. The molecule has 0 aliphatic rings. The molecule has 0 aliphatic carbocycles. The second-order valence-electron chi connectivity index (χ2n) is 2.09. The summed E-state index contributed by atoms with van der Waals surface area (Å²) in [7, 11) is 0. The van der Waals surface area contributed by atoms with Gasteiger partial charge in [-0.3, -0.25) is 4.39 Å². The molecule has 0 bridgehead atoms. The fraction of sp³-hybridized carbons (Fsp3) is 0.750. The lowest BCUT2D eigenvalue weighted by molar-refractivity contribution is 0.471. The van der Waals surface area contributed by atoms with Gasteiger partial charge < -0.3 is 0 Å². The van der Waals surface area contributed by atoms with E-state index in [1.165, 1.54) is 5.57 Å². The van der Waals surface area contributed by atoms with E-state index in [-0.39, 0.29) is 6.67 Å². The van der Waals surface area contributed by atoms with Gasteiger partial charge in [-0.25, -0.2) is 0 Å². The molecule has 54 valence electrons. The quantitative estimate of drug-likeness (QED) is 0.513. The lowest BCUT2D eigenvalue weighted by Crippen LogP contribution is -1.82. The second-order valence-corrected chi connectivity index (χ2v) is 2.09. The summed E-state index contributed by atoms with van der Waals surface area (Å²) >= 11 is 0. The van der Waals surface area contributed by atoms with E-state index >= 15 is 0 Å². The summed E-state index contributed by atoms with van der Waals surface area (Å²) in [6.45, 7) is 3.93. The molecule has 9 heavy (non-hydrogen) atoms. The number of halogens is 1. The lowest BCUT2D eigenvalue weighted by atomic mass is 10.1. The number of hydrogen-bond acceptors (Lipinski definition) is 0. The van der Waals surface area contributed by atoms with Crippen LogP contribution in [0.15, 0.2) is 11.6 Å². The Balaban J connectivity index is 3.33. The largest absolute Gasteiger partial charge is 0.251 e. The highest BCUT2D eigenvalue weighted by molar-refractivity contribution is 4.98. The average Bonchev–Trinajstić information content (AvgIpc) is 1.91. The third-order valence-electron chi connectivity index (χ3n) is 1.49. The van der Waals surface area contributed by atoms with E-state index in [4.69, 9.17) is 0 Å². The molecule has 0 saturated carbocycles. The number of rotatable bonds is 4. The van der Waals surface area contributed by atoms with Crippen molar-refractivity contribution in [2.45, 2.75) is 33.1 Å². The third kappa shape index (κ3) is 4.19. The minimum atomic E-state index is -0.183. The van der Waals surface area contributed by atoms with Crippen molar-refractivity contribution in [3.05, 3.63) is 11.6 Å². The number of hydrogen-bond donors (Lipinski definition) is 0. The monoisotopic (exact) mass is 130 g/mol. The standard InChI is InChI=1S/C8H15F/c1-3-8(4-2)6-5-7-9/h3H,4-7H2,1-2H3. The Morgan fingerprint density at radius 1 is 1.56 bits per heavy atom. The van der Waals surface area contributed by atoms with Crippen molar-refractivity contribution < 1.29 is 4.39 Å². The van der Waals surface area contributed by atoms with Gasteiger partial charge in [0.2, 0.25) is 0 Å². The maximum Gasteiger partial charge on any atom is 0.0897 e. The van der Waals surface area contributed by atoms with Crippen molar-refractivity contribution in [3.63, 3.8) is 0 Å². The van der Waals surface area contributed by atoms with Crippen LogP contribution in [-0.4, -0.2) is 6.67 Å². The molecule has 0 heterocycles. The van der Waals surface area contributed by atoms with Gasteiger partial charge in [0.15, 0.2) is 0 Å². The molecule has 0 aromatic heterocycles. The SMILES string of the molecule is CC=C(CC)CCCF. The molecular formula is C8H15F. The van der Waals surface area contributed by atoms with Crippen LogP contribution < -0.4 is 0 Å². The van der Waals surface area contributed by atoms with E-state index in [1.54, 1.807) is 0 Å². The molecule has 0 amide bonds. The molecule has 0 atom stereocenters. The second kappa shape index (κ2) is 5.80. The van der Waals surface area contributed by atoms with Gasteiger partial charge in [0.1, 0.15) is 0 Å². The van der Waals surface area contributed by atoms with Crippen LogP contribution in [0.4, 0.5) is 4.39 Å². The zero-order valence-electron chi connectivity index (χ0n) is 6.28. The molecule has 0 aromatic carbocycles. The van der Waals surface area contributed by atoms with Gasteiger partial charge in [0.05, 0.1) is 6.67 Å². The Hall–Kier alpha value is -0.330. The molecule has 0 spiro atoms. The maximum absolute atomic E-state index is 11.6.